The molecule has 0 bridgehead atoms. The van der Waals surface area contributed by atoms with E-state index in [0.29, 0.717) is 0 Å². The number of amides is 2. The van der Waals surface area contributed by atoms with Gasteiger partial charge in [0.1, 0.15) is 5.56 Å². The average molecular weight is 373 g/mol. The second-order valence-electron chi connectivity index (χ2n) is 6.24. The van der Waals surface area contributed by atoms with Crippen LogP contribution in [0.25, 0.3) is 11.1 Å². The zero-order valence-corrected chi connectivity index (χ0v) is 14.7. The third-order valence-electron chi connectivity index (χ3n) is 4.61. The standard InChI is InChI=1S/C21H15N3O4/c25-20-16-10-6-12-18(24(27)28)19(16)21(26)23(20)13-22-17-11-5-4-9-15(17)14-7-2-1-3-8-14/h1-12,22H,13H2. The predicted octanol–water partition coefficient (Wildman–Crippen LogP) is 3.93. The summed E-state index contributed by atoms with van der Waals surface area (Å²) in [4.78, 5) is 36.8. The van der Waals surface area contributed by atoms with E-state index in [1.165, 1.54) is 18.2 Å². The number of hydrogen-bond acceptors (Lipinski definition) is 5. The van der Waals surface area contributed by atoms with Crippen LogP contribution in [0.5, 0.6) is 0 Å². The summed E-state index contributed by atoms with van der Waals surface area (Å²) in [5.74, 6) is -1.22. The van der Waals surface area contributed by atoms with Crippen molar-refractivity contribution in [2.24, 2.45) is 0 Å². The number of imide groups is 1. The molecule has 7 nitrogen and oxygen atoms in total. The monoisotopic (exact) mass is 373 g/mol. The number of nitro groups is 1. The van der Waals surface area contributed by atoms with Gasteiger partial charge in [-0.05, 0) is 17.7 Å². The van der Waals surface area contributed by atoms with Crippen molar-refractivity contribution in [2.45, 2.75) is 0 Å². The van der Waals surface area contributed by atoms with E-state index in [0.717, 1.165) is 21.7 Å². The number of hydrogen-bond donors (Lipinski definition) is 1. The summed E-state index contributed by atoms with van der Waals surface area (Å²) in [6, 6.07) is 21.3. The summed E-state index contributed by atoms with van der Waals surface area (Å²) in [6.07, 6.45) is 0. The number of carbonyl (C=O) groups is 2. The lowest BCUT2D eigenvalue weighted by molar-refractivity contribution is -0.385. The lowest BCUT2D eigenvalue weighted by atomic mass is 10.0. The fourth-order valence-corrected chi connectivity index (χ4v) is 3.28. The van der Waals surface area contributed by atoms with E-state index >= 15 is 0 Å². The minimum Gasteiger partial charge on any atom is -0.367 e. The lowest BCUT2D eigenvalue weighted by Gasteiger charge is -2.18. The molecule has 0 unspecified atom stereocenters. The Morgan fingerprint density at radius 3 is 2.25 bits per heavy atom. The second kappa shape index (κ2) is 6.96. The zero-order chi connectivity index (χ0) is 19.7. The minimum absolute atomic E-state index is 0.0531. The number of carbonyl (C=O) groups excluding carboxylic acids is 2. The van der Waals surface area contributed by atoms with Crippen LogP contribution < -0.4 is 5.32 Å². The first-order valence-corrected chi connectivity index (χ1v) is 8.60. The van der Waals surface area contributed by atoms with Crippen molar-refractivity contribution in [1.29, 1.82) is 0 Å². The predicted molar refractivity (Wildman–Crippen MR) is 104 cm³/mol. The number of nitrogens with one attached hydrogen (secondary N) is 1. The third-order valence-corrected chi connectivity index (χ3v) is 4.61. The molecule has 1 aliphatic heterocycles. The summed E-state index contributed by atoms with van der Waals surface area (Å²) in [5.41, 5.74) is 2.20. The summed E-state index contributed by atoms with van der Waals surface area (Å²) in [6.45, 7) is -0.0899. The van der Waals surface area contributed by atoms with Crippen LogP contribution in [-0.4, -0.2) is 28.3 Å². The third kappa shape index (κ3) is 2.88. The summed E-state index contributed by atoms with van der Waals surface area (Å²) in [5, 5.41) is 14.3. The van der Waals surface area contributed by atoms with Crippen LogP contribution in [0.1, 0.15) is 20.7 Å². The number of nitrogens with zero attached hydrogens (tertiary/aromatic N) is 2. The largest absolute Gasteiger partial charge is 0.367 e. The Morgan fingerprint density at radius 1 is 0.821 bits per heavy atom. The first-order chi connectivity index (χ1) is 13.6. The summed E-state index contributed by atoms with van der Waals surface area (Å²) in [7, 11) is 0. The van der Waals surface area contributed by atoms with E-state index in [-0.39, 0.29) is 23.5 Å². The average Bonchev–Trinajstić information content (AvgIpc) is 2.97. The van der Waals surface area contributed by atoms with Crippen molar-refractivity contribution >= 4 is 23.2 Å². The number of para-hydroxylation sites is 1. The summed E-state index contributed by atoms with van der Waals surface area (Å²) >= 11 is 0. The molecular weight excluding hydrogens is 358 g/mol. The van der Waals surface area contributed by atoms with Crippen molar-refractivity contribution < 1.29 is 14.5 Å². The maximum atomic E-state index is 12.7. The first-order valence-electron chi connectivity index (χ1n) is 8.60. The number of nitro benzene ring substituents is 1. The molecule has 0 spiro atoms. The normalized spacial score (nSPS) is 12.8. The fourth-order valence-electron chi connectivity index (χ4n) is 3.28. The van der Waals surface area contributed by atoms with Crippen LogP contribution in [0, 0.1) is 10.1 Å². The van der Waals surface area contributed by atoms with E-state index < -0.39 is 16.7 Å². The maximum absolute atomic E-state index is 12.7. The van der Waals surface area contributed by atoms with E-state index in [9.17, 15) is 19.7 Å². The summed E-state index contributed by atoms with van der Waals surface area (Å²) < 4.78 is 0. The van der Waals surface area contributed by atoms with Crippen LogP contribution in [0.4, 0.5) is 11.4 Å². The molecule has 0 saturated carbocycles. The van der Waals surface area contributed by atoms with Gasteiger partial charge in [-0.2, -0.15) is 0 Å². The van der Waals surface area contributed by atoms with Gasteiger partial charge in [-0.3, -0.25) is 24.6 Å². The van der Waals surface area contributed by atoms with Crippen molar-refractivity contribution in [3.05, 3.63) is 94.0 Å². The molecule has 3 aromatic carbocycles. The van der Waals surface area contributed by atoms with E-state index in [4.69, 9.17) is 0 Å². The Kier molecular flexibility index (Phi) is 4.33. The van der Waals surface area contributed by atoms with Gasteiger partial charge in [0.05, 0.1) is 17.2 Å². The Bertz CT molecular complexity index is 1100. The number of rotatable bonds is 5. The molecule has 1 heterocycles. The topological polar surface area (TPSA) is 92.5 Å². The van der Waals surface area contributed by atoms with Gasteiger partial charge in [0.25, 0.3) is 17.5 Å². The molecule has 2 amide bonds. The highest BCUT2D eigenvalue weighted by molar-refractivity contribution is 6.23. The van der Waals surface area contributed by atoms with Gasteiger partial charge >= 0.3 is 0 Å². The Morgan fingerprint density at radius 2 is 1.50 bits per heavy atom. The minimum atomic E-state index is -0.669. The van der Waals surface area contributed by atoms with Crippen LogP contribution in [0.15, 0.2) is 72.8 Å². The molecule has 138 valence electrons. The van der Waals surface area contributed by atoms with Crippen LogP contribution in [-0.2, 0) is 0 Å². The van der Waals surface area contributed by atoms with E-state index in [1.54, 1.807) is 0 Å². The second-order valence-corrected chi connectivity index (χ2v) is 6.24. The van der Waals surface area contributed by atoms with Crippen molar-refractivity contribution in [3.63, 3.8) is 0 Å². The van der Waals surface area contributed by atoms with Gasteiger partial charge in [-0.25, -0.2) is 0 Å². The van der Waals surface area contributed by atoms with Gasteiger partial charge in [0.15, 0.2) is 0 Å². The first kappa shape index (κ1) is 17.4. The highest BCUT2D eigenvalue weighted by Crippen LogP contribution is 2.32. The molecule has 28 heavy (non-hydrogen) atoms. The van der Waals surface area contributed by atoms with Crippen molar-refractivity contribution in [2.75, 3.05) is 12.0 Å². The molecule has 0 aromatic heterocycles. The quantitative estimate of drug-likeness (QED) is 0.416. The van der Waals surface area contributed by atoms with Crippen LogP contribution >= 0.6 is 0 Å². The van der Waals surface area contributed by atoms with E-state index in [2.05, 4.69) is 5.32 Å². The van der Waals surface area contributed by atoms with E-state index in [1.807, 2.05) is 54.6 Å². The molecule has 0 atom stereocenters. The fraction of sp³-hybridized carbons (Fsp3) is 0.0476. The number of fused-ring (bicyclic) bond motifs is 1. The molecule has 7 heteroatoms. The highest BCUT2D eigenvalue weighted by Gasteiger charge is 2.40. The van der Waals surface area contributed by atoms with Crippen LogP contribution in [0.2, 0.25) is 0 Å². The molecule has 0 aliphatic carbocycles. The lowest BCUT2D eigenvalue weighted by Crippen LogP contribution is -2.34. The van der Waals surface area contributed by atoms with Crippen LogP contribution in [0.3, 0.4) is 0 Å². The Labute approximate surface area is 160 Å². The molecule has 0 radical (unpaired) electrons. The van der Waals surface area contributed by atoms with Crippen molar-refractivity contribution in [3.8, 4) is 11.1 Å². The molecule has 3 aromatic rings. The molecule has 0 fully saturated rings. The Balaban J connectivity index is 1.61. The molecule has 4 rings (SSSR count). The van der Waals surface area contributed by atoms with Gasteiger partial charge < -0.3 is 5.32 Å². The zero-order valence-electron chi connectivity index (χ0n) is 14.7. The van der Waals surface area contributed by atoms with Gasteiger partial charge in [-0.1, -0.05) is 54.6 Å². The smallest absolute Gasteiger partial charge is 0.282 e. The van der Waals surface area contributed by atoms with Gasteiger partial charge in [0.2, 0.25) is 0 Å². The number of benzene rings is 3. The highest BCUT2D eigenvalue weighted by atomic mass is 16.6. The van der Waals surface area contributed by atoms with Gasteiger partial charge in [-0.15, -0.1) is 0 Å². The Hall–Kier alpha value is -4.00. The number of anilines is 1. The SMILES string of the molecule is O=C1c2cccc([N+](=O)[O-])c2C(=O)N1CNc1ccccc1-c1ccccc1. The van der Waals surface area contributed by atoms with Crippen molar-refractivity contribution in [1.82, 2.24) is 4.90 Å². The maximum Gasteiger partial charge on any atom is 0.282 e. The molecule has 0 saturated heterocycles. The molecular formula is C21H15N3O4. The molecule has 1 aliphatic rings. The molecule has 1 N–H and O–H groups in total. The van der Waals surface area contributed by atoms with Gasteiger partial charge in [0, 0.05) is 17.3 Å².